The Hall–Kier alpha value is -2.95. The Morgan fingerprint density at radius 2 is 1.50 bits per heavy atom. The maximum atomic E-state index is 4.59. The normalized spacial score (nSPS) is 10.4. The fourth-order valence-electron chi connectivity index (χ4n) is 2.39. The Labute approximate surface area is 142 Å². The fraction of sp³-hybridized carbons (Fsp3) is 0.211. The molecule has 0 aliphatic carbocycles. The molecule has 1 heterocycles. The van der Waals surface area contributed by atoms with Gasteiger partial charge in [-0.25, -0.2) is 9.97 Å². The van der Waals surface area contributed by atoms with Crippen LogP contribution >= 0.6 is 0 Å². The van der Waals surface area contributed by atoms with Crippen LogP contribution in [-0.2, 0) is 0 Å². The predicted molar refractivity (Wildman–Crippen MR) is 97.9 cm³/mol. The Balaban J connectivity index is 1.96. The van der Waals surface area contributed by atoms with Crippen molar-refractivity contribution < 1.29 is 0 Å². The molecule has 5 nitrogen and oxygen atoms in total. The van der Waals surface area contributed by atoms with E-state index < -0.39 is 0 Å². The van der Waals surface area contributed by atoms with Gasteiger partial charge in [0, 0.05) is 17.9 Å². The second-order valence-electron chi connectivity index (χ2n) is 5.40. The van der Waals surface area contributed by atoms with Crippen molar-refractivity contribution in [3.05, 3.63) is 67.0 Å². The van der Waals surface area contributed by atoms with Crippen LogP contribution in [0.15, 0.2) is 67.0 Å². The van der Waals surface area contributed by atoms with E-state index in [9.17, 15) is 0 Å². The average molecular weight is 319 g/mol. The quantitative estimate of drug-likeness (QED) is 0.647. The molecular formula is C19H21N5. The lowest BCUT2D eigenvalue weighted by Gasteiger charge is -2.23. The molecule has 0 saturated heterocycles. The van der Waals surface area contributed by atoms with Crippen molar-refractivity contribution in [1.82, 2.24) is 15.0 Å². The average Bonchev–Trinajstić information content (AvgIpc) is 2.64. The van der Waals surface area contributed by atoms with E-state index in [0.717, 1.165) is 30.8 Å². The van der Waals surface area contributed by atoms with E-state index in [1.54, 1.807) is 6.33 Å². The molecule has 0 saturated carbocycles. The highest BCUT2D eigenvalue weighted by Gasteiger charge is 2.15. The molecule has 0 amide bonds. The number of unbranched alkanes of at least 4 members (excludes halogenated alkanes) is 1. The van der Waals surface area contributed by atoms with Gasteiger partial charge in [0.2, 0.25) is 11.9 Å². The van der Waals surface area contributed by atoms with Crippen LogP contribution in [0.4, 0.5) is 23.3 Å². The Bertz CT molecular complexity index is 706. The molecule has 0 spiro atoms. The minimum absolute atomic E-state index is 0.599. The zero-order valence-corrected chi connectivity index (χ0v) is 13.8. The van der Waals surface area contributed by atoms with Crippen LogP contribution in [0, 0.1) is 0 Å². The molecule has 1 aromatic heterocycles. The third-order valence-corrected chi connectivity index (χ3v) is 3.60. The number of nitrogens with zero attached hydrogens (tertiary/aromatic N) is 4. The fourth-order valence-corrected chi connectivity index (χ4v) is 2.39. The number of para-hydroxylation sites is 2. The number of hydrogen-bond acceptors (Lipinski definition) is 5. The smallest absolute Gasteiger partial charge is 0.239 e. The van der Waals surface area contributed by atoms with Gasteiger partial charge in [-0.1, -0.05) is 49.7 Å². The molecule has 0 aliphatic heterocycles. The minimum atomic E-state index is 0.599. The summed E-state index contributed by atoms with van der Waals surface area (Å²) in [6, 6.07) is 20.2. The highest BCUT2D eigenvalue weighted by Crippen LogP contribution is 2.31. The summed E-state index contributed by atoms with van der Waals surface area (Å²) in [5.41, 5.74) is 2.02. The molecule has 0 fully saturated rings. The molecule has 3 aromatic rings. The summed E-state index contributed by atoms with van der Waals surface area (Å²) < 4.78 is 0. The predicted octanol–water partition coefficient (Wildman–Crippen LogP) is 4.55. The molecule has 122 valence electrons. The highest BCUT2D eigenvalue weighted by atomic mass is 15.3. The summed E-state index contributed by atoms with van der Waals surface area (Å²) >= 11 is 0. The standard InChI is InChI=1S/C19H21N5/c1-2-3-14-20-18-21-15-22-19(23-18)24(16-10-6-4-7-11-16)17-12-8-5-9-13-17/h4-13,15H,2-3,14H2,1H3,(H,20,21,22,23). The van der Waals surface area contributed by atoms with Crippen molar-refractivity contribution in [2.45, 2.75) is 19.8 Å². The first-order valence-electron chi connectivity index (χ1n) is 8.21. The first-order chi connectivity index (χ1) is 11.9. The molecule has 2 aromatic carbocycles. The second kappa shape index (κ2) is 8.06. The SMILES string of the molecule is CCCCNc1ncnc(N(c2ccccc2)c2ccccc2)n1. The van der Waals surface area contributed by atoms with Crippen molar-refractivity contribution >= 4 is 23.3 Å². The van der Waals surface area contributed by atoms with Gasteiger partial charge in [0.1, 0.15) is 6.33 Å². The molecule has 0 radical (unpaired) electrons. The first-order valence-corrected chi connectivity index (χ1v) is 8.21. The van der Waals surface area contributed by atoms with Crippen molar-refractivity contribution in [2.75, 3.05) is 16.8 Å². The summed E-state index contributed by atoms with van der Waals surface area (Å²) in [5.74, 6) is 1.20. The van der Waals surface area contributed by atoms with Crippen molar-refractivity contribution in [1.29, 1.82) is 0 Å². The molecule has 0 atom stereocenters. The Morgan fingerprint density at radius 1 is 0.875 bits per heavy atom. The van der Waals surface area contributed by atoms with Gasteiger partial charge in [0.25, 0.3) is 0 Å². The van der Waals surface area contributed by atoms with Crippen LogP contribution in [0.5, 0.6) is 0 Å². The summed E-state index contributed by atoms with van der Waals surface area (Å²) in [7, 11) is 0. The highest BCUT2D eigenvalue weighted by molar-refractivity contribution is 5.72. The summed E-state index contributed by atoms with van der Waals surface area (Å²) in [6.07, 6.45) is 3.77. The van der Waals surface area contributed by atoms with E-state index in [2.05, 4.69) is 27.2 Å². The van der Waals surface area contributed by atoms with Gasteiger partial charge in [0.15, 0.2) is 0 Å². The third-order valence-electron chi connectivity index (χ3n) is 3.60. The van der Waals surface area contributed by atoms with Crippen molar-refractivity contribution in [3.63, 3.8) is 0 Å². The maximum absolute atomic E-state index is 4.59. The van der Waals surface area contributed by atoms with E-state index in [-0.39, 0.29) is 0 Å². The lowest BCUT2D eigenvalue weighted by atomic mass is 10.2. The molecule has 24 heavy (non-hydrogen) atoms. The van der Waals surface area contributed by atoms with Crippen molar-refractivity contribution in [3.8, 4) is 0 Å². The number of hydrogen-bond donors (Lipinski definition) is 1. The monoisotopic (exact) mass is 319 g/mol. The minimum Gasteiger partial charge on any atom is -0.354 e. The molecule has 0 bridgehead atoms. The molecule has 3 rings (SSSR count). The topological polar surface area (TPSA) is 53.9 Å². The molecule has 1 N–H and O–H groups in total. The summed E-state index contributed by atoms with van der Waals surface area (Å²) in [4.78, 5) is 15.2. The van der Waals surface area contributed by atoms with Crippen LogP contribution in [0.25, 0.3) is 0 Å². The largest absolute Gasteiger partial charge is 0.354 e. The molecule has 0 unspecified atom stereocenters. The number of nitrogens with one attached hydrogen (secondary N) is 1. The van der Waals surface area contributed by atoms with Gasteiger partial charge in [-0.05, 0) is 30.7 Å². The zero-order chi connectivity index (χ0) is 16.6. The van der Waals surface area contributed by atoms with Gasteiger partial charge in [0.05, 0.1) is 0 Å². The van der Waals surface area contributed by atoms with Crippen LogP contribution in [0.2, 0.25) is 0 Å². The van der Waals surface area contributed by atoms with E-state index in [0.29, 0.717) is 11.9 Å². The van der Waals surface area contributed by atoms with Gasteiger partial charge in [-0.3, -0.25) is 4.90 Å². The Kier molecular flexibility index (Phi) is 5.35. The summed E-state index contributed by atoms with van der Waals surface area (Å²) in [6.45, 7) is 3.02. The van der Waals surface area contributed by atoms with Crippen LogP contribution in [-0.4, -0.2) is 21.5 Å². The summed E-state index contributed by atoms with van der Waals surface area (Å²) in [5, 5.41) is 3.25. The van der Waals surface area contributed by atoms with Crippen LogP contribution in [0.3, 0.4) is 0 Å². The molecule has 5 heteroatoms. The first kappa shape index (κ1) is 15.9. The van der Waals surface area contributed by atoms with Crippen LogP contribution in [0.1, 0.15) is 19.8 Å². The number of benzene rings is 2. The molecule has 0 aliphatic rings. The van der Waals surface area contributed by atoms with Gasteiger partial charge >= 0.3 is 0 Å². The number of rotatable bonds is 7. The Morgan fingerprint density at radius 3 is 2.08 bits per heavy atom. The van der Waals surface area contributed by atoms with Crippen molar-refractivity contribution in [2.24, 2.45) is 0 Å². The lowest BCUT2D eigenvalue weighted by Crippen LogP contribution is -2.15. The zero-order valence-electron chi connectivity index (χ0n) is 13.8. The van der Waals surface area contributed by atoms with Gasteiger partial charge < -0.3 is 5.32 Å². The van der Waals surface area contributed by atoms with E-state index in [4.69, 9.17) is 0 Å². The van der Waals surface area contributed by atoms with Gasteiger partial charge in [-0.15, -0.1) is 0 Å². The molecular weight excluding hydrogens is 298 g/mol. The third kappa shape index (κ3) is 3.87. The second-order valence-corrected chi connectivity index (χ2v) is 5.40. The van der Waals surface area contributed by atoms with Crippen LogP contribution < -0.4 is 10.2 Å². The van der Waals surface area contributed by atoms with E-state index >= 15 is 0 Å². The van der Waals surface area contributed by atoms with E-state index in [1.807, 2.05) is 65.6 Å². The van der Waals surface area contributed by atoms with E-state index in [1.165, 1.54) is 0 Å². The number of anilines is 4. The van der Waals surface area contributed by atoms with Gasteiger partial charge in [-0.2, -0.15) is 4.98 Å². The lowest BCUT2D eigenvalue weighted by molar-refractivity contribution is 0.823. The maximum Gasteiger partial charge on any atom is 0.239 e. The number of aromatic nitrogens is 3.